The number of phenols is 1. The molecule has 5 rings (SSSR count). The number of nitrogens with zero attached hydrogens (tertiary/aromatic N) is 2. The molecule has 0 amide bonds. The maximum absolute atomic E-state index is 10.2. The Morgan fingerprint density at radius 2 is 1.59 bits per heavy atom. The van der Waals surface area contributed by atoms with E-state index in [0.29, 0.717) is 22.1 Å². The van der Waals surface area contributed by atoms with E-state index in [0.717, 1.165) is 22.5 Å². The van der Waals surface area contributed by atoms with Gasteiger partial charge in [0.25, 0.3) is 0 Å². The van der Waals surface area contributed by atoms with Crippen LogP contribution in [0, 0.1) is 6.07 Å². The molecule has 4 nitrogen and oxygen atoms in total. The molecule has 0 aliphatic rings. The zero-order valence-electron chi connectivity index (χ0n) is 14.0. The summed E-state index contributed by atoms with van der Waals surface area (Å²) in [5.74, 6) is 0.164. The number of aromatic nitrogens is 2. The van der Waals surface area contributed by atoms with Gasteiger partial charge in [-0.2, -0.15) is 0 Å². The largest absolute Gasteiger partial charge is 0.507 e. The van der Waals surface area contributed by atoms with E-state index in [4.69, 9.17) is 9.40 Å². The van der Waals surface area contributed by atoms with Crippen LogP contribution in [0.1, 0.15) is 0 Å². The average Bonchev–Trinajstić information content (AvgIpc) is 3.08. The van der Waals surface area contributed by atoms with E-state index in [1.54, 1.807) is 18.3 Å². The second-order valence-electron chi connectivity index (χ2n) is 5.99. The minimum absolute atomic E-state index is 0. The second-order valence-corrected chi connectivity index (χ2v) is 5.99. The van der Waals surface area contributed by atoms with Crippen LogP contribution in [0.25, 0.3) is 44.6 Å². The van der Waals surface area contributed by atoms with Gasteiger partial charge in [-0.05, 0) is 24.3 Å². The van der Waals surface area contributed by atoms with Crippen LogP contribution in [0.15, 0.2) is 77.3 Å². The zero-order valence-corrected chi connectivity index (χ0v) is 15.0. The van der Waals surface area contributed by atoms with Gasteiger partial charge in [-0.25, -0.2) is 0 Å². The number of aromatic hydroxyl groups is 1. The second kappa shape index (κ2) is 6.86. The van der Waals surface area contributed by atoms with Crippen molar-refractivity contribution in [1.29, 1.82) is 0 Å². The smallest absolute Gasteiger partial charge is 0.152 e. The van der Waals surface area contributed by atoms with Crippen molar-refractivity contribution in [2.24, 2.45) is 0 Å². The van der Waals surface area contributed by atoms with Crippen molar-refractivity contribution in [3.63, 3.8) is 0 Å². The summed E-state index contributed by atoms with van der Waals surface area (Å²) in [6.45, 7) is 0. The Hall–Kier alpha value is -3.17. The van der Waals surface area contributed by atoms with Crippen LogP contribution < -0.4 is 0 Å². The van der Waals surface area contributed by atoms with Crippen LogP contribution in [0.4, 0.5) is 0 Å². The summed E-state index contributed by atoms with van der Waals surface area (Å²) in [6, 6.07) is 24.1. The maximum Gasteiger partial charge on any atom is 0.152 e. The van der Waals surface area contributed by atoms with Gasteiger partial charge in [0.15, 0.2) is 5.58 Å². The van der Waals surface area contributed by atoms with Gasteiger partial charge in [0.05, 0.1) is 5.39 Å². The van der Waals surface area contributed by atoms with Crippen molar-refractivity contribution in [3.05, 3.63) is 79.0 Å². The number of furan rings is 1. The van der Waals surface area contributed by atoms with Gasteiger partial charge in [-0.15, -0.1) is 24.3 Å². The van der Waals surface area contributed by atoms with Gasteiger partial charge in [-0.3, -0.25) is 9.97 Å². The Balaban J connectivity index is 0.00000180. The van der Waals surface area contributed by atoms with E-state index in [1.165, 1.54) is 0 Å². The normalized spacial score (nSPS) is 10.8. The summed E-state index contributed by atoms with van der Waals surface area (Å²) in [5.41, 5.74) is 5.31. The van der Waals surface area contributed by atoms with E-state index in [1.807, 2.05) is 54.6 Å². The third kappa shape index (κ3) is 2.96. The molecule has 2 aromatic carbocycles. The summed E-state index contributed by atoms with van der Waals surface area (Å²) in [6.07, 6.45) is 1.76. The molecule has 3 aromatic heterocycles. The molecule has 0 bridgehead atoms. The molecule has 0 aliphatic carbocycles. The molecule has 1 N–H and O–H groups in total. The number of rotatable bonds is 2. The maximum atomic E-state index is 10.2. The van der Waals surface area contributed by atoms with E-state index >= 15 is 0 Å². The Labute approximate surface area is 165 Å². The third-order valence-corrected chi connectivity index (χ3v) is 4.33. The predicted octanol–water partition coefficient (Wildman–Crippen LogP) is 5.21. The zero-order chi connectivity index (χ0) is 17.5. The molecule has 5 aromatic rings. The molecule has 0 saturated carbocycles. The summed E-state index contributed by atoms with van der Waals surface area (Å²) >= 11 is 0. The molecule has 134 valence electrons. The molecule has 0 saturated heterocycles. The SMILES string of the molecule is Oc1cccc2oc3ccc(-c4[c-]c(-c5ccccn5)ccc4)nc3c12.[Ni]. The van der Waals surface area contributed by atoms with Gasteiger partial charge in [0.1, 0.15) is 16.8 Å². The quantitative estimate of drug-likeness (QED) is 0.329. The Morgan fingerprint density at radius 3 is 2.41 bits per heavy atom. The molecule has 0 spiro atoms. The number of phenolic OH excluding ortho intramolecular Hbond substituents is 1. The van der Waals surface area contributed by atoms with E-state index in [2.05, 4.69) is 11.1 Å². The standard InChI is InChI=1S/C22H13N2O2.Ni/c25-18-8-4-9-19-21(18)22-20(26-19)11-10-17(24-22)15-6-3-5-14(13-15)16-7-1-2-12-23-16;/h1-12,25H;/q-1;. The Bertz CT molecular complexity index is 1250. The predicted molar refractivity (Wildman–Crippen MR) is 101 cm³/mol. The van der Waals surface area contributed by atoms with Crippen LogP contribution in [-0.2, 0) is 16.5 Å². The minimum atomic E-state index is 0. The van der Waals surface area contributed by atoms with E-state index in [-0.39, 0.29) is 22.2 Å². The molecular weight excluding hydrogens is 383 g/mol. The van der Waals surface area contributed by atoms with Crippen LogP contribution in [0.3, 0.4) is 0 Å². The van der Waals surface area contributed by atoms with Crippen LogP contribution in [0.2, 0.25) is 0 Å². The number of hydrogen-bond acceptors (Lipinski definition) is 4. The molecule has 5 heteroatoms. The molecule has 0 radical (unpaired) electrons. The fourth-order valence-corrected chi connectivity index (χ4v) is 3.11. The molecular formula is C22H13N2NiO2-. The Morgan fingerprint density at radius 1 is 0.778 bits per heavy atom. The fraction of sp³-hybridized carbons (Fsp3) is 0. The first-order valence-corrected chi connectivity index (χ1v) is 8.25. The summed E-state index contributed by atoms with van der Waals surface area (Å²) in [4.78, 5) is 9.10. The minimum Gasteiger partial charge on any atom is -0.507 e. The molecule has 27 heavy (non-hydrogen) atoms. The summed E-state index contributed by atoms with van der Waals surface area (Å²) < 4.78 is 5.77. The first-order chi connectivity index (χ1) is 12.8. The monoisotopic (exact) mass is 395 g/mol. The topological polar surface area (TPSA) is 59.2 Å². The number of hydrogen-bond donors (Lipinski definition) is 1. The molecule has 0 fully saturated rings. The van der Waals surface area contributed by atoms with Crippen LogP contribution in [0.5, 0.6) is 5.75 Å². The van der Waals surface area contributed by atoms with Crippen LogP contribution in [-0.4, -0.2) is 15.1 Å². The summed E-state index contributed by atoms with van der Waals surface area (Å²) in [5, 5.41) is 10.8. The van der Waals surface area contributed by atoms with Crippen molar-refractivity contribution >= 4 is 22.1 Å². The molecule has 0 aliphatic heterocycles. The number of benzene rings is 2. The third-order valence-electron chi connectivity index (χ3n) is 4.33. The van der Waals surface area contributed by atoms with Gasteiger partial charge in [-0.1, -0.05) is 35.4 Å². The number of pyridine rings is 2. The van der Waals surface area contributed by atoms with Crippen LogP contribution >= 0.6 is 0 Å². The average molecular weight is 396 g/mol. The van der Waals surface area contributed by atoms with E-state index in [9.17, 15) is 5.11 Å². The van der Waals surface area contributed by atoms with Crippen molar-refractivity contribution in [1.82, 2.24) is 9.97 Å². The number of fused-ring (bicyclic) bond motifs is 3. The molecule has 0 atom stereocenters. The van der Waals surface area contributed by atoms with Crippen molar-refractivity contribution < 1.29 is 26.0 Å². The molecule has 0 unspecified atom stereocenters. The Kier molecular flexibility index (Phi) is 4.38. The van der Waals surface area contributed by atoms with Gasteiger partial charge < -0.3 is 9.52 Å². The van der Waals surface area contributed by atoms with Gasteiger partial charge in [0, 0.05) is 34.1 Å². The fourth-order valence-electron chi connectivity index (χ4n) is 3.11. The molecule has 3 heterocycles. The van der Waals surface area contributed by atoms with Crippen molar-refractivity contribution in [3.8, 4) is 28.3 Å². The van der Waals surface area contributed by atoms with Gasteiger partial charge in [0.2, 0.25) is 0 Å². The first kappa shape index (κ1) is 17.3. The van der Waals surface area contributed by atoms with Crippen molar-refractivity contribution in [2.75, 3.05) is 0 Å². The van der Waals surface area contributed by atoms with E-state index < -0.39 is 0 Å². The summed E-state index contributed by atoms with van der Waals surface area (Å²) in [7, 11) is 0. The van der Waals surface area contributed by atoms with Gasteiger partial charge >= 0.3 is 0 Å². The first-order valence-electron chi connectivity index (χ1n) is 8.25. The van der Waals surface area contributed by atoms with Crippen molar-refractivity contribution in [2.45, 2.75) is 0 Å².